The standard InChI is InChI=1S/C19H27ClN2O4/c1-4-25-17(23)14-21-10-5-11-22(13-12-21)18(24)19(2,3)26-16-8-6-15(20)7-9-16/h6-9H,4-5,10-14H2,1-3H3. The Labute approximate surface area is 160 Å². The van der Waals surface area contributed by atoms with Gasteiger partial charge in [0, 0.05) is 31.2 Å². The number of carbonyl (C=O) groups is 2. The largest absolute Gasteiger partial charge is 0.478 e. The van der Waals surface area contributed by atoms with Gasteiger partial charge in [0.05, 0.1) is 13.2 Å². The van der Waals surface area contributed by atoms with E-state index < -0.39 is 5.60 Å². The molecule has 26 heavy (non-hydrogen) atoms. The molecule has 1 aromatic rings. The zero-order valence-corrected chi connectivity index (χ0v) is 16.4. The minimum absolute atomic E-state index is 0.0644. The highest BCUT2D eigenvalue weighted by Gasteiger charge is 2.35. The molecule has 1 amide bonds. The molecule has 1 aliphatic rings. The van der Waals surface area contributed by atoms with E-state index in [2.05, 4.69) is 0 Å². The van der Waals surface area contributed by atoms with E-state index in [0.717, 1.165) is 13.0 Å². The topological polar surface area (TPSA) is 59.1 Å². The molecule has 0 aliphatic carbocycles. The number of hydrogen-bond donors (Lipinski definition) is 0. The lowest BCUT2D eigenvalue weighted by molar-refractivity contribution is -0.145. The minimum Gasteiger partial charge on any atom is -0.478 e. The first-order valence-electron chi connectivity index (χ1n) is 8.94. The summed E-state index contributed by atoms with van der Waals surface area (Å²) in [7, 11) is 0. The fourth-order valence-electron chi connectivity index (χ4n) is 2.94. The predicted molar refractivity (Wildman–Crippen MR) is 100 cm³/mol. The normalized spacial score (nSPS) is 16.1. The average molecular weight is 383 g/mol. The van der Waals surface area contributed by atoms with Crippen LogP contribution in [-0.2, 0) is 14.3 Å². The van der Waals surface area contributed by atoms with Gasteiger partial charge < -0.3 is 14.4 Å². The van der Waals surface area contributed by atoms with Crippen LogP contribution in [0.2, 0.25) is 5.02 Å². The number of halogens is 1. The summed E-state index contributed by atoms with van der Waals surface area (Å²) in [5.41, 5.74) is -0.982. The smallest absolute Gasteiger partial charge is 0.320 e. The molecule has 1 fully saturated rings. The van der Waals surface area contributed by atoms with Crippen molar-refractivity contribution >= 4 is 23.5 Å². The van der Waals surface area contributed by atoms with Crippen LogP contribution >= 0.6 is 11.6 Å². The fraction of sp³-hybridized carbons (Fsp3) is 0.579. The Kier molecular flexibility index (Phi) is 7.29. The number of esters is 1. The van der Waals surface area contributed by atoms with Crippen LogP contribution in [0.4, 0.5) is 0 Å². The van der Waals surface area contributed by atoms with Gasteiger partial charge in [0.25, 0.3) is 5.91 Å². The van der Waals surface area contributed by atoms with Gasteiger partial charge in [0.2, 0.25) is 0 Å². The number of ether oxygens (including phenoxy) is 2. The van der Waals surface area contributed by atoms with Crippen molar-refractivity contribution in [2.45, 2.75) is 32.8 Å². The van der Waals surface area contributed by atoms with Gasteiger partial charge in [0.1, 0.15) is 5.75 Å². The third-order valence-corrected chi connectivity index (χ3v) is 4.49. The van der Waals surface area contributed by atoms with Gasteiger partial charge >= 0.3 is 5.97 Å². The SMILES string of the molecule is CCOC(=O)CN1CCCN(C(=O)C(C)(C)Oc2ccc(Cl)cc2)CC1. The molecule has 1 aromatic carbocycles. The lowest BCUT2D eigenvalue weighted by Gasteiger charge is -2.31. The maximum atomic E-state index is 12.9. The molecule has 2 rings (SSSR count). The molecule has 144 valence electrons. The predicted octanol–water partition coefficient (Wildman–Crippen LogP) is 2.59. The number of hydrogen-bond acceptors (Lipinski definition) is 5. The Hall–Kier alpha value is -1.79. The molecule has 6 nitrogen and oxygen atoms in total. The van der Waals surface area contributed by atoms with E-state index in [4.69, 9.17) is 21.1 Å². The zero-order chi connectivity index (χ0) is 19.2. The molecule has 0 unspecified atom stereocenters. The summed E-state index contributed by atoms with van der Waals surface area (Å²) in [6, 6.07) is 6.97. The van der Waals surface area contributed by atoms with Crippen LogP contribution in [-0.4, -0.2) is 66.6 Å². The van der Waals surface area contributed by atoms with Crippen LogP contribution in [0.3, 0.4) is 0 Å². The third kappa shape index (κ3) is 5.88. The van der Waals surface area contributed by atoms with Gasteiger partial charge in [-0.15, -0.1) is 0 Å². The monoisotopic (exact) mass is 382 g/mol. The summed E-state index contributed by atoms with van der Waals surface area (Å²) in [6.45, 7) is 8.59. The van der Waals surface area contributed by atoms with E-state index >= 15 is 0 Å². The maximum absolute atomic E-state index is 12.9. The quantitative estimate of drug-likeness (QED) is 0.708. The summed E-state index contributed by atoms with van der Waals surface area (Å²) in [5, 5.41) is 0.621. The lowest BCUT2D eigenvalue weighted by atomic mass is 10.1. The van der Waals surface area contributed by atoms with E-state index in [0.29, 0.717) is 37.0 Å². The van der Waals surface area contributed by atoms with Crippen LogP contribution in [0.15, 0.2) is 24.3 Å². The fourth-order valence-corrected chi connectivity index (χ4v) is 3.07. The lowest BCUT2D eigenvalue weighted by Crippen LogP contribution is -2.50. The highest BCUT2D eigenvalue weighted by Crippen LogP contribution is 2.23. The second-order valence-electron chi connectivity index (χ2n) is 6.79. The summed E-state index contributed by atoms with van der Waals surface area (Å²) < 4.78 is 10.9. The maximum Gasteiger partial charge on any atom is 0.320 e. The zero-order valence-electron chi connectivity index (χ0n) is 15.7. The summed E-state index contributed by atoms with van der Waals surface area (Å²) in [5.74, 6) is 0.315. The van der Waals surface area contributed by atoms with Crippen LogP contribution in [0, 0.1) is 0 Å². The number of benzene rings is 1. The molecule has 0 N–H and O–H groups in total. The summed E-state index contributed by atoms with van der Waals surface area (Å²) in [4.78, 5) is 28.4. The molecule has 0 atom stereocenters. The molecule has 7 heteroatoms. The summed E-state index contributed by atoms with van der Waals surface area (Å²) >= 11 is 5.89. The van der Waals surface area contributed by atoms with Crippen LogP contribution in [0.25, 0.3) is 0 Å². The summed E-state index contributed by atoms with van der Waals surface area (Å²) in [6.07, 6.45) is 0.808. The van der Waals surface area contributed by atoms with Crippen molar-refractivity contribution in [3.63, 3.8) is 0 Å². The molecule has 1 aliphatic heterocycles. The highest BCUT2D eigenvalue weighted by molar-refractivity contribution is 6.30. The molecule has 0 saturated carbocycles. The number of nitrogens with zero attached hydrogens (tertiary/aromatic N) is 2. The molecule has 0 aromatic heterocycles. The van der Waals surface area contributed by atoms with E-state index in [1.54, 1.807) is 49.9 Å². The van der Waals surface area contributed by atoms with Gasteiger partial charge in [-0.25, -0.2) is 0 Å². The van der Waals surface area contributed by atoms with E-state index in [-0.39, 0.29) is 18.4 Å². The van der Waals surface area contributed by atoms with Crippen molar-refractivity contribution in [2.24, 2.45) is 0 Å². The number of rotatable bonds is 6. The molecule has 0 radical (unpaired) electrons. The number of carbonyl (C=O) groups excluding carboxylic acids is 2. The molecule has 1 heterocycles. The van der Waals surface area contributed by atoms with Crippen LogP contribution in [0.5, 0.6) is 5.75 Å². The van der Waals surface area contributed by atoms with Crippen molar-refractivity contribution in [2.75, 3.05) is 39.3 Å². The Morgan fingerprint density at radius 2 is 1.81 bits per heavy atom. The van der Waals surface area contributed by atoms with Gasteiger partial charge in [-0.3, -0.25) is 14.5 Å². The first-order valence-corrected chi connectivity index (χ1v) is 9.31. The first-order chi connectivity index (χ1) is 12.3. The van der Waals surface area contributed by atoms with Gasteiger partial charge in [-0.2, -0.15) is 0 Å². The molecule has 0 bridgehead atoms. The van der Waals surface area contributed by atoms with Crippen LogP contribution in [0.1, 0.15) is 27.2 Å². The molecule has 1 saturated heterocycles. The van der Waals surface area contributed by atoms with Gasteiger partial charge in [-0.1, -0.05) is 11.6 Å². The van der Waals surface area contributed by atoms with E-state index in [9.17, 15) is 9.59 Å². The number of amides is 1. The average Bonchev–Trinajstić information content (AvgIpc) is 2.82. The minimum atomic E-state index is -0.982. The van der Waals surface area contributed by atoms with Crippen molar-refractivity contribution in [3.8, 4) is 5.75 Å². The van der Waals surface area contributed by atoms with E-state index in [1.165, 1.54) is 0 Å². The van der Waals surface area contributed by atoms with Crippen molar-refractivity contribution < 1.29 is 19.1 Å². The van der Waals surface area contributed by atoms with Gasteiger partial charge in [0.15, 0.2) is 5.60 Å². The van der Waals surface area contributed by atoms with Crippen molar-refractivity contribution in [1.82, 2.24) is 9.80 Å². The molecular weight excluding hydrogens is 356 g/mol. The van der Waals surface area contributed by atoms with Gasteiger partial charge in [-0.05, 0) is 51.5 Å². The Balaban J connectivity index is 1.93. The Morgan fingerprint density at radius 3 is 2.46 bits per heavy atom. The highest BCUT2D eigenvalue weighted by atomic mass is 35.5. The van der Waals surface area contributed by atoms with Crippen LogP contribution < -0.4 is 4.74 Å². The molecule has 0 spiro atoms. The van der Waals surface area contributed by atoms with Crippen molar-refractivity contribution in [3.05, 3.63) is 29.3 Å². The van der Waals surface area contributed by atoms with Crippen molar-refractivity contribution in [1.29, 1.82) is 0 Å². The first kappa shape index (κ1) is 20.5. The molecular formula is C19H27ClN2O4. The van der Waals surface area contributed by atoms with E-state index in [1.807, 2.05) is 4.90 Å². The Morgan fingerprint density at radius 1 is 1.12 bits per heavy atom. The Bertz CT molecular complexity index is 618. The second kappa shape index (κ2) is 9.24. The third-order valence-electron chi connectivity index (χ3n) is 4.24. The second-order valence-corrected chi connectivity index (χ2v) is 7.23.